The van der Waals surface area contributed by atoms with Gasteiger partial charge in [0, 0.05) is 44.5 Å². The van der Waals surface area contributed by atoms with Crippen LogP contribution >= 0.6 is 11.6 Å². The Labute approximate surface area is 170 Å². The molecule has 1 unspecified atom stereocenters. The van der Waals surface area contributed by atoms with Gasteiger partial charge in [-0.1, -0.05) is 35.9 Å². The molecule has 29 heavy (non-hydrogen) atoms. The molecule has 4 aromatic rings. The Hall–Kier alpha value is -3.56. The summed E-state index contributed by atoms with van der Waals surface area (Å²) in [5.41, 5.74) is 4.49. The topological polar surface area (TPSA) is 80.3 Å². The van der Waals surface area contributed by atoms with Gasteiger partial charge in [-0.05, 0) is 25.1 Å². The van der Waals surface area contributed by atoms with Crippen molar-refractivity contribution in [1.29, 1.82) is 5.26 Å². The van der Waals surface area contributed by atoms with Crippen molar-refractivity contribution >= 4 is 34.0 Å². The number of nitrogens with one attached hydrogen (secondary N) is 3. The van der Waals surface area contributed by atoms with Crippen LogP contribution in [-0.4, -0.2) is 15.2 Å². The van der Waals surface area contributed by atoms with Crippen LogP contribution in [-0.2, 0) is 0 Å². The first-order chi connectivity index (χ1) is 14.1. The molecule has 0 spiro atoms. The minimum Gasteiger partial charge on any atom is -0.360 e. The van der Waals surface area contributed by atoms with Crippen LogP contribution in [0.3, 0.4) is 0 Å². The zero-order valence-electron chi connectivity index (χ0n) is 15.3. The van der Waals surface area contributed by atoms with E-state index in [1.807, 2.05) is 37.4 Å². The summed E-state index contributed by atoms with van der Waals surface area (Å²) >= 11 is 6.41. The number of rotatable bonds is 2. The minimum atomic E-state index is -0.674. The number of para-hydroxylation sites is 1. The number of H-pyrrole nitrogens is 2. The van der Waals surface area contributed by atoms with Gasteiger partial charge in [-0.2, -0.15) is 10.4 Å². The monoisotopic (exact) mass is 403 g/mol. The lowest BCUT2D eigenvalue weighted by atomic mass is 9.80. The maximum Gasteiger partial charge on any atom is 0.156 e. The van der Waals surface area contributed by atoms with Crippen LogP contribution in [0.4, 0.5) is 10.2 Å². The molecule has 0 bridgehead atoms. The maximum atomic E-state index is 14.9. The second-order valence-electron chi connectivity index (χ2n) is 6.95. The van der Waals surface area contributed by atoms with Gasteiger partial charge in [0.25, 0.3) is 0 Å². The van der Waals surface area contributed by atoms with Crippen molar-refractivity contribution in [3.05, 3.63) is 87.5 Å². The maximum absolute atomic E-state index is 14.9. The molecule has 0 saturated carbocycles. The second-order valence-corrected chi connectivity index (χ2v) is 7.36. The van der Waals surface area contributed by atoms with Crippen LogP contribution in [0.25, 0.3) is 16.6 Å². The number of halogens is 2. The molecule has 5 nitrogen and oxygen atoms in total. The lowest BCUT2D eigenvalue weighted by Crippen LogP contribution is -2.19. The van der Waals surface area contributed by atoms with Crippen molar-refractivity contribution < 1.29 is 4.39 Å². The fraction of sp³-hybridized carbons (Fsp3) is 0.0909. The van der Waals surface area contributed by atoms with E-state index in [9.17, 15) is 9.65 Å². The number of aromatic nitrogens is 3. The Morgan fingerprint density at radius 3 is 2.76 bits per heavy atom. The predicted octanol–water partition coefficient (Wildman–Crippen LogP) is 5.48. The highest BCUT2D eigenvalue weighted by Gasteiger charge is 2.36. The number of allylic oxidation sites excluding steroid dienone is 1. The Kier molecular flexibility index (Phi) is 3.93. The standard InChI is InChI=1S/C22H15ClFN5/c1-11-18-19(20-15(23)6-4-7-16(20)24)13(9-25)21(27-22(18)29-28-11)14-10-26-17-8-3-2-5-12(14)17/h2-8,10,19,26H,1H3,(H2,27,28,29). The first kappa shape index (κ1) is 17.5. The Balaban J connectivity index is 1.84. The van der Waals surface area contributed by atoms with Gasteiger partial charge in [-0.15, -0.1) is 0 Å². The van der Waals surface area contributed by atoms with Crippen molar-refractivity contribution in [1.82, 2.24) is 15.2 Å². The molecule has 0 amide bonds. The molecule has 1 aliphatic heterocycles. The van der Waals surface area contributed by atoms with Crippen LogP contribution in [0, 0.1) is 24.1 Å². The highest BCUT2D eigenvalue weighted by atomic mass is 35.5. The van der Waals surface area contributed by atoms with E-state index in [-0.39, 0.29) is 10.6 Å². The minimum absolute atomic E-state index is 0.273. The summed E-state index contributed by atoms with van der Waals surface area (Å²) in [6.07, 6.45) is 1.84. The molecule has 0 aliphatic carbocycles. The number of aryl methyl sites for hydroxylation is 1. The molecule has 3 heterocycles. The molecule has 2 aromatic carbocycles. The number of fused-ring (bicyclic) bond motifs is 2. The lowest BCUT2D eigenvalue weighted by Gasteiger charge is -2.27. The van der Waals surface area contributed by atoms with E-state index >= 15 is 0 Å². The van der Waals surface area contributed by atoms with Gasteiger partial charge in [-0.25, -0.2) is 4.39 Å². The van der Waals surface area contributed by atoms with E-state index in [4.69, 9.17) is 11.6 Å². The Morgan fingerprint density at radius 2 is 1.97 bits per heavy atom. The number of benzene rings is 2. The quantitative estimate of drug-likeness (QED) is 0.414. The van der Waals surface area contributed by atoms with Crippen LogP contribution in [0.1, 0.15) is 28.3 Å². The molecule has 0 radical (unpaired) electrons. The molecular formula is C22H15ClFN5. The summed E-state index contributed by atoms with van der Waals surface area (Å²) in [6.45, 7) is 1.85. The average Bonchev–Trinajstić information content (AvgIpc) is 3.31. The van der Waals surface area contributed by atoms with Crippen LogP contribution in [0.15, 0.2) is 54.2 Å². The first-order valence-corrected chi connectivity index (χ1v) is 9.44. The Morgan fingerprint density at radius 1 is 1.14 bits per heavy atom. The average molecular weight is 404 g/mol. The second kappa shape index (κ2) is 6.50. The summed E-state index contributed by atoms with van der Waals surface area (Å²) in [7, 11) is 0. The number of aromatic amines is 2. The van der Waals surface area contributed by atoms with Gasteiger partial charge in [0.2, 0.25) is 0 Å². The van der Waals surface area contributed by atoms with E-state index in [1.165, 1.54) is 6.07 Å². The fourth-order valence-corrected chi connectivity index (χ4v) is 4.32. The largest absolute Gasteiger partial charge is 0.360 e. The Bertz CT molecular complexity index is 1320. The van der Waals surface area contributed by atoms with Crippen molar-refractivity contribution in [2.24, 2.45) is 0 Å². The summed E-state index contributed by atoms with van der Waals surface area (Å²) in [5, 5.41) is 21.9. The van der Waals surface area contributed by atoms with Gasteiger partial charge < -0.3 is 10.3 Å². The number of hydrogen-bond donors (Lipinski definition) is 3. The molecule has 1 atom stereocenters. The molecule has 3 N–H and O–H groups in total. The summed E-state index contributed by atoms with van der Waals surface area (Å²) in [6, 6.07) is 14.7. The third kappa shape index (κ3) is 2.55. The van der Waals surface area contributed by atoms with Crippen molar-refractivity contribution in [3.8, 4) is 6.07 Å². The normalized spacial score (nSPS) is 15.9. The number of anilines is 1. The third-order valence-electron chi connectivity index (χ3n) is 5.35. The molecule has 1 aliphatic rings. The van der Waals surface area contributed by atoms with E-state index in [0.717, 1.165) is 27.7 Å². The smallest absolute Gasteiger partial charge is 0.156 e. The van der Waals surface area contributed by atoms with Gasteiger partial charge in [0.1, 0.15) is 5.82 Å². The zero-order chi connectivity index (χ0) is 20.1. The predicted molar refractivity (Wildman–Crippen MR) is 111 cm³/mol. The van der Waals surface area contributed by atoms with Crippen molar-refractivity contribution in [2.45, 2.75) is 12.8 Å². The number of nitrogens with zero attached hydrogens (tertiary/aromatic N) is 2. The lowest BCUT2D eigenvalue weighted by molar-refractivity contribution is 0.606. The van der Waals surface area contributed by atoms with Crippen molar-refractivity contribution in [3.63, 3.8) is 0 Å². The number of hydrogen-bond acceptors (Lipinski definition) is 3. The van der Waals surface area contributed by atoms with Crippen molar-refractivity contribution in [2.75, 3.05) is 5.32 Å². The summed E-state index contributed by atoms with van der Waals surface area (Å²) < 4.78 is 14.9. The number of nitriles is 1. The van der Waals surface area contributed by atoms with Crippen LogP contribution in [0.5, 0.6) is 0 Å². The van der Waals surface area contributed by atoms with E-state index in [2.05, 4.69) is 26.6 Å². The van der Waals surface area contributed by atoms with Gasteiger partial charge >= 0.3 is 0 Å². The van der Waals surface area contributed by atoms with E-state index < -0.39 is 11.7 Å². The first-order valence-electron chi connectivity index (χ1n) is 9.06. The summed E-state index contributed by atoms with van der Waals surface area (Å²) in [5.74, 6) is -0.569. The highest BCUT2D eigenvalue weighted by molar-refractivity contribution is 6.31. The van der Waals surface area contributed by atoms with Gasteiger partial charge in [0.05, 0.1) is 23.3 Å². The van der Waals surface area contributed by atoms with Gasteiger partial charge in [0.15, 0.2) is 5.82 Å². The molecule has 142 valence electrons. The molecule has 0 fully saturated rings. The molecular weight excluding hydrogens is 389 g/mol. The van der Waals surface area contributed by atoms with Crippen LogP contribution in [0.2, 0.25) is 5.02 Å². The molecule has 2 aromatic heterocycles. The van der Waals surface area contributed by atoms with E-state index in [0.29, 0.717) is 17.1 Å². The molecule has 5 rings (SSSR count). The zero-order valence-corrected chi connectivity index (χ0v) is 16.1. The molecule has 0 saturated heterocycles. The van der Waals surface area contributed by atoms with E-state index in [1.54, 1.807) is 12.1 Å². The molecule has 7 heteroatoms. The van der Waals surface area contributed by atoms with Gasteiger partial charge in [-0.3, -0.25) is 5.10 Å². The fourth-order valence-electron chi connectivity index (χ4n) is 4.05. The van der Waals surface area contributed by atoms with Crippen LogP contribution < -0.4 is 5.32 Å². The highest BCUT2D eigenvalue weighted by Crippen LogP contribution is 2.47. The third-order valence-corrected chi connectivity index (χ3v) is 5.68. The summed E-state index contributed by atoms with van der Waals surface area (Å²) in [4.78, 5) is 3.22. The SMILES string of the molecule is Cc1[nH]nc2c1C(c1c(F)cccc1Cl)C(C#N)=C(c1c[nH]c3ccccc13)N2.